The number of hydrogen-bond acceptors (Lipinski definition) is 4. The SMILES string of the molecule is CN=C(NCc1ccc(N2CCCC2=O)cc1)NCc1ccccc1CN1CCOCC1.I. The summed E-state index contributed by atoms with van der Waals surface area (Å²) < 4.78 is 5.47. The van der Waals surface area contributed by atoms with Gasteiger partial charge in [-0.2, -0.15) is 0 Å². The van der Waals surface area contributed by atoms with Crippen LogP contribution in [0.15, 0.2) is 53.5 Å². The van der Waals surface area contributed by atoms with Crippen LogP contribution < -0.4 is 15.5 Å². The van der Waals surface area contributed by atoms with E-state index in [1.54, 1.807) is 7.05 Å². The largest absolute Gasteiger partial charge is 0.379 e. The second-order valence-corrected chi connectivity index (χ2v) is 8.25. The zero-order chi connectivity index (χ0) is 22.2. The number of nitrogens with one attached hydrogen (secondary N) is 2. The van der Waals surface area contributed by atoms with Crippen LogP contribution in [0.3, 0.4) is 0 Å². The molecule has 8 heteroatoms. The second kappa shape index (κ2) is 12.9. The summed E-state index contributed by atoms with van der Waals surface area (Å²) in [6, 6.07) is 16.8. The molecule has 1 amide bonds. The van der Waals surface area contributed by atoms with Gasteiger partial charge in [0.1, 0.15) is 0 Å². The van der Waals surface area contributed by atoms with Crippen molar-refractivity contribution >= 4 is 41.5 Å². The molecule has 0 radical (unpaired) electrons. The molecule has 2 saturated heterocycles. The average Bonchev–Trinajstić information content (AvgIpc) is 3.27. The molecule has 2 heterocycles. The Morgan fingerprint density at radius 2 is 1.67 bits per heavy atom. The summed E-state index contributed by atoms with van der Waals surface area (Å²) in [5.74, 6) is 0.986. The van der Waals surface area contributed by atoms with Gasteiger partial charge in [0, 0.05) is 58.4 Å². The number of guanidine groups is 1. The van der Waals surface area contributed by atoms with E-state index in [0.717, 1.165) is 69.6 Å². The Hall–Kier alpha value is -2.17. The van der Waals surface area contributed by atoms with Gasteiger partial charge in [-0.1, -0.05) is 36.4 Å². The van der Waals surface area contributed by atoms with Crippen LogP contribution in [0, 0.1) is 0 Å². The number of ether oxygens (including phenoxy) is 1. The molecule has 2 aromatic carbocycles. The summed E-state index contributed by atoms with van der Waals surface area (Å²) in [6.07, 6.45) is 1.60. The first kappa shape index (κ1) is 25.5. The molecule has 0 aromatic heterocycles. The number of benzene rings is 2. The average molecular weight is 563 g/mol. The van der Waals surface area contributed by atoms with E-state index in [2.05, 4.69) is 56.9 Å². The molecule has 2 N–H and O–H groups in total. The lowest BCUT2D eigenvalue weighted by atomic mass is 10.1. The maximum absolute atomic E-state index is 11.9. The number of carbonyl (C=O) groups is 1. The van der Waals surface area contributed by atoms with Crippen molar-refractivity contribution in [2.45, 2.75) is 32.5 Å². The van der Waals surface area contributed by atoms with E-state index in [1.807, 2.05) is 17.0 Å². The lowest BCUT2D eigenvalue weighted by Crippen LogP contribution is -2.37. The minimum Gasteiger partial charge on any atom is -0.379 e. The lowest BCUT2D eigenvalue weighted by molar-refractivity contribution is -0.117. The van der Waals surface area contributed by atoms with E-state index in [-0.39, 0.29) is 29.9 Å². The van der Waals surface area contributed by atoms with Gasteiger partial charge in [-0.15, -0.1) is 24.0 Å². The molecule has 0 bridgehead atoms. The summed E-state index contributed by atoms with van der Waals surface area (Å²) in [5.41, 5.74) is 4.75. The monoisotopic (exact) mass is 563 g/mol. The van der Waals surface area contributed by atoms with Crippen LogP contribution in [0.5, 0.6) is 0 Å². The molecular formula is C25H34IN5O2. The number of halogens is 1. The predicted octanol–water partition coefficient (Wildman–Crippen LogP) is 3.13. The van der Waals surface area contributed by atoms with Crippen molar-refractivity contribution in [1.29, 1.82) is 0 Å². The fraction of sp³-hybridized carbons (Fsp3) is 0.440. The van der Waals surface area contributed by atoms with E-state index in [0.29, 0.717) is 13.0 Å². The zero-order valence-corrected chi connectivity index (χ0v) is 21.6. The third-order valence-electron chi connectivity index (χ3n) is 6.07. The van der Waals surface area contributed by atoms with Crippen molar-refractivity contribution in [3.05, 3.63) is 65.2 Å². The van der Waals surface area contributed by atoms with Crippen LogP contribution in [-0.2, 0) is 29.2 Å². The minimum atomic E-state index is 0. The predicted molar refractivity (Wildman–Crippen MR) is 143 cm³/mol. The van der Waals surface area contributed by atoms with Crippen LogP contribution in [0.25, 0.3) is 0 Å². The van der Waals surface area contributed by atoms with E-state index in [4.69, 9.17) is 4.74 Å². The Morgan fingerprint density at radius 1 is 0.970 bits per heavy atom. The van der Waals surface area contributed by atoms with E-state index < -0.39 is 0 Å². The van der Waals surface area contributed by atoms with Crippen LogP contribution in [0.2, 0.25) is 0 Å². The molecule has 178 valence electrons. The van der Waals surface area contributed by atoms with Crippen LogP contribution in [-0.4, -0.2) is 56.7 Å². The van der Waals surface area contributed by atoms with Gasteiger partial charge < -0.3 is 20.3 Å². The molecular weight excluding hydrogens is 529 g/mol. The number of rotatable bonds is 7. The highest BCUT2D eigenvalue weighted by Gasteiger charge is 2.21. The molecule has 2 aliphatic heterocycles. The van der Waals surface area contributed by atoms with Gasteiger partial charge >= 0.3 is 0 Å². The Balaban J connectivity index is 0.00000306. The molecule has 0 spiro atoms. The summed E-state index contributed by atoms with van der Waals surface area (Å²) in [4.78, 5) is 20.6. The van der Waals surface area contributed by atoms with Crippen molar-refractivity contribution in [2.75, 3.05) is 44.8 Å². The molecule has 0 atom stereocenters. The fourth-order valence-corrected chi connectivity index (χ4v) is 4.18. The molecule has 4 rings (SSSR count). The highest BCUT2D eigenvalue weighted by Crippen LogP contribution is 2.21. The molecule has 33 heavy (non-hydrogen) atoms. The third-order valence-corrected chi connectivity index (χ3v) is 6.07. The first-order chi connectivity index (χ1) is 15.7. The first-order valence-electron chi connectivity index (χ1n) is 11.4. The quantitative estimate of drug-likeness (QED) is 0.308. The Kier molecular flexibility index (Phi) is 9.95. The molecule has 2 aliphatic rings. The number of carbonyl (C=O) groups excluding carboxylic acids is 1. The molecule has 0 saturated carbocycles. The van der Waals surface area contributed by atoms with Crippen molar-refractivity contribution in [1.82, 2.24) is 15.5 Å². The lowest BCUT2D eigenvalue weighted by Gasteiger charge is -2.27. The number of nitrogens with zero attached hydrogens (tertiary/aromatic N) is 3. The normalized spacial score (nSPS) is 17.1. The Bertz CT molecular complexity index is 929. The van der Waals surface area contributed by atoms with Gasteiger partial charge in [0.2, 0.25) is 5.91 Å². The van der Waals surface area contributed by atoms with Crippen LogP contribution >= 0.6 is 24.0 Å². The number of amides is 1. The van der Waals surface area contributed by atoms with Gasteiger partial charge in [0.05, 0.1) is 13.2 Å². The van der Waals surface area contributed by atoms with Crippen molar-refractivity contribution in [3.63, 3.8) is 0 Å². The van der Waals surface area contributed by atoms with Gasteiger partial charge in [-0.25, -0.2) is 0 Å². The summed E-state index contributed by atoms with van der Waals surface area (Å²) in [6.45, 7) is 6.74. The smallest absolute Gasteiger partial charge is 0.227 e. The topological polar surface area (TPSA) is 69.2 Å². The van der Waals surface area contributed by atoms with E-state index in [9.17, 15) is 4.79 Å². The highest BCUT2D eigenvalue weighted by atomic mass is 127. The van der Waals surface area contributed by atoms with E-state index >= 15 is 0 Å². The van der Waals surface area contributed by atoms with Crippen molar-refractivity contribution < 1.29 is 9.53 Å². The Labute approximate surface area is 213 Å². The number of hydrogen-bond donors (Lipinski definition) is 2. The van der Waals surface area contributed by atoms with Gasteiger partial charge in [0.25, 0.3) is 0 Å². The second-order valence-electron chi connectivity index (χ2n) is 8.25. The maximum atomic E-state index is 11.9. The number of anilines is 1. The first-order valence-corrected chi connectivity index (χ1v) is 11.4. The fourth-order valence-electron chi connectivity index (χ4n) is 4.18. The van der Waals surface area contributed by atoms with Crippen molar-refractivity contribution in [2.24, 2.45) is 4.99 Å². The highest BCUT2D eigenvalue weighted by molar-refractivity contribution is 14.0. The summed E-state index contributed by atoms with van der Waals surface area (Å²) in [7, 11) is 1.79. The minimum absolute atomic E-state index is 0. The number of aliphatic imine (C=N–C) groups is 1. The molecule has 2 aromatic rings. The standard InChI is InChI=1S/C25H33N5O2.HI/c1-26-25(27-17-20-8-10-23(11-9-20)30-12-4-7-24(30)31)28-18-21-5-2-3-6-22(21)19-29-13-15-32-16-14-29;/h2-3,5-6,8-11H,4,7,12-19H2,1H3,(H2,26,27,28);1H. The van der Waals surface area contributed by atoms with Gasteiger partial charge in [0.15, 0.2) is 5.96 Å². The Morgan fingerprint density at radius 3 is 2.33 bits per heavy atom. The molecule has 0 aliphatic carbocycles. The molecule has 2 fully saturated rings. The molecule has 7 nitrogen and oxygen atoms in total. The molecule has 0 unspecified atom stereocenters. The van der Waals surface area contributed by atoms with Gasteiger partial charge in [-0.3, -0.25) is 14.7 Å². The van der Waals surface area contributed by atoms with Crippen LogP contribution in [0.4, 0.5) is 5.69 Å². The zero-order valence-electron chi connectivity index (χ0n) is 19.3. The summed E-state index contributed by atoms with van der Waals surface area (Å²) >= 11 is 0. The van der Waals surface area contributed by atoms with Crippen molar-refractivity contribution in [3.8, 4) is 0 Å². The van der Waals surface area contributed by atoms with E-state index in [1.165, 1.54) is 11.1 Å². The van der Waals surface area contributed by atoms with Crippen LogP contribution in [0.1, 0.15) is 29.5 Å². The third kappa shape index (κ3) is 7.15. The van der Waals surface area contributed by atoms with Gasteiger partial charge in [-0.05, 0) is 35.2 Å². The maximum Gasteiger partial charge on any atom is 0.227 e. The number of morpholine rings is 1. The summed E-state index contributed by atoms with van der Waals surface area (Å²) in [5, 5.41) is 6.82.